The predicted molar refractivity (Wildman–Crippen MR) is 68.7 cm³/mol. The molecule has 0 aliphatic rings. The molecule has 0 unspecified atom stereocenters. The Hall–Kier alpha value is -2.05. The molecule has 106 valence electrons. The Bertz CT molecular complexity index is 448. The second-order valence-corrected chi connectivity index (χ2v) is 4.95. The maximum Gasteiger partial charge on any atom is 0.413 e. The molecule has 0 aliphatic heterocycles. The number of carbonyl (C=O) groups is 2. The van der Waals surface area contributed by atoms with Gasteiger partial charge in [0.2, 0.25) is 0 Å². The minimum absolute atomic E-state index is 0.249. The number of carbonyl (C=O) groups excluding carboxylic acids is 2. The Morgan fingerprint density at radius 2 is 2.11 bits per heavy atom. The molecule has 1 rings (SSSR count). The second-order valence-electron chi connectivity index (χ2n) is 4.95. The molecule has 1 amide bonds. The van der Waals surface area contributed by atoms with Crippen LogP contribution in [0, 0.1) is 0 Å². The van der Waals surface area contributed by atoms with Crippen LogP contribution >= 0.6 is 0 Å². The highest BCUT2D eigenvalue weighted by Crippen LogP contribution is 2.10. The van der Waals surface area contributed by atoms with Gasteiger partial charge < -0.3 is 14.0 Å². The van der Waals surface area contributed by atoms with Crippen molar-refractivity contribution in [3.8, 4) is 0 Å². The van der Waals surface area contributed by atoms with Crippen molar-refractivity contribution in [3.05, 3.63) is 12.5 Å². The Morgan fingerprint density at radius 3 is 2.68 bits per heavy atom. The maximum absolute atomic E-state index is 11.5. The van der Waals surface area contributed by atoms with E-state index in [-0.39, 0.29) is 12.4 Å². The molecule has 1 heterocycles. The van der Waals surface area contributed by atoms with Crippen molar-refractivity contribution in [2.24, 2.45) is 0 Å². The summed E-state index contributed by atoms with van der Waals surface area (Å²) in [5, 5.41) is 2.51. The molecule has 0 spiro atoms. The Balaban J connectivity index is 2.46. The number of hydrogen-bond acceptors (Lipinski definition) is 5. The number of rotatable bonds is 4. The Kier molecular flexibility index (Phi) is 4.91. The first-order valence-electron chi connectivity index (χ1n) is 5.89. The van der Waals surface area contributed by atoms with Crippen LogP contribution < -0.4 is 5.32 Å². The lowest BCUT2D eigenvalue weighted by molar-refractivity contribution is -0.140. The lowest BCUT2D eigenvalue weighted by atomic mass is 10.2. The Morgan fingerprint density at radius 1 is 1.42 bits per heavy atom. The molecule has 0 bridgehead atoms. The first kappa shape index (κ1) is 15.0. The first-order valence-corrected chi connectivity index (χ1v) is 5.89. The van der Waals surface area contributed by atoms with E-state index in [4.69, 9.17) is 4.74 Å². The molecule has 1 aromatic heterocycles. The molecule has 0 atom stereocenters. The van der Waals surface area contributed by atoms with Crippen molar-refractivity contribution >= 4 is 17.9 Å². The molecule has 0 aromatic carbocycles. The number of nitrogens with one attached hydrogen (secondary N) is 1. The van der Waals surface area contributed by atoms with E-state index in [1.807, 2.05) is 0 Å². The quantitative estimate of drug-likeness (QED) is 0.843. The molecule has 7 nitrogen and oxygen atoms in total. The van der Waals surface area contributed by atoms with Gasteiger partial charge >= 0.3 is 12.1 Å². The average Bonchev–Trinajstić information content (AvgIpc) is 2.70. The van der Waals surface area contributed by atoms with Crippen LogP contribution in [0.2, 0.25) is 0 Å². The zero-order valence-electron chi connectivity index (χ0n) is 11.6. The van der Waals surface area contributed by atoms with E-state index < -0.39 is 11.7 Å². The lowest BCUT2D eigenvalue weighted by Crippen LogP contribution is -2.27. The van der Waals surface area contributed by atoms with Crippen molar-refractivity contribution in [3.63, 3.8) is 0 Å². The number of esters is 1. The number of ether oxygens (including phenoxy) is 2. The highest BCUT2D eigenvalue weighted by molar-refractivity contribution is 5.83. The summed E-state index contributed by atoms with van der Waals surface area (Å²) < 4.78 is 11.3. The van der Waals surface area contributed by atoms with E-state index in [9.17, 15) is 9.59 Å². The van der Waals surface area contributed by atoms with Crippen LogP contribution in [0.3, 0.4) is 0 Å². The molecule has 0 radical (unpaired) electrons. The van der Waals surface area contributed by atoms with Gasteiger partial charge in [0.25, 0.3) is 0 Å². The molecule has 19 heavy (non-hydrogen) atoms. The number of aromatic nitrogens is 2. The number of imidazole rings is 1. The topological polar surface area (TPSA) is 82.5 Å². The smallest absolute Gasteiger partial charge is 0.413 e. The van der Waals surface area contributed by atoms with E-state index in [1.165, 1.54) is 13.4 Å². The van der Waals surface area contributed by atoms with Crippen LogP contribution in [0.1, 0.15) is 27.2 Å². The normalized spacial score (nSPS) is 10.9. The highest BCUT2D eigenvalue weighted by Gasteiger charge is 2.16. The maximum atomic E-state index is 11.5. The number of amides is 1. The molecule has 1 aromatic rings. The largest absolute Gasteiger partial charge is 0.469 e. The third kappa shape index (κ3) is 5.89. The van der Waals surface area contributed by atoms with E-state index in [2.05, 4.69) is 15.0 Å². The minimum Gasteiger partial charge on any atom is -0.469 e. The Labute approximate surface area is 111 Å². The second kappa shape index (κ2) is 6.21. The molecule has 0 fully saturated rings. The van der Waals surface area contributed by atoms with Gasteiger partial charge in [-0.3, -0.25) is 10.1 Å². The third-order valence-electron chi connectivity index (χ3n) is 2.06. The zero-order valence-corrected chi connectivity index (χ0v) is 11.6. The number of methoxy groups -OCH3 is 1. The third-order valence-corrected chi connectivity index (χ3v) is 2.06. The summed E-state index contributed by atoms with van der Waals surface area (Å²) in [5.74, 6) is 0.0782. The van der Waals surface area contributed by atoms with E-state index in [1.54, 1.807) is 31.5 Å². The fourth-order valence-electron chi connectivity index (χ4n) is 1.28. The summed E-state index contributed by atoms with van der Waals surface area (Å²) in [6.07, 6.45) is 2.83. The highest BCUT2D eigenvalue weighted by atomic mass is 16.6. The summed E-state index contributed by atoms with van der Waals surface area (Å²) in [5.41, 5.74) is -0.558. The van der Waals surface area contributed by atoms with Gasteiger partial charge in [0.05, 0.1) is 19.9 Å². The van der Waals surface area contributed by atoms with E-state index in [0.717, 1.165) is 0 Å². The SMILES string of the molecule is COC(=O)CCn1cnc(NC(=O)OC(C)(C)C)c1. The van der Waals surface area contributed by atoms with Gasteiger partial charge in [-0.2, -0.15) is 0 Å². The zero-order chi connectivity index (χ0) is 14.5. The van der Waals surface area contributed by atoms with Crippen molar-refractivity contribution in [2.45, 2.75) is 39.3 Å². The summed E-state index contributed by atoms with van der Waals surface area (Å²) in [7, 11) is 1.34. The van der Waals surface area contributed by atoms with Crippen LogP contribution in [-0.4, -0.2) is 34.3 Å². The molecule has 7 heteroatoms. The van der Waals surface area contributed by atoms with Crippen molar-refractivity contribution in [1.29, 1.82) is 0 Å². The fraction of sp³-hybridized carbons (Fsp3) is 0.583. The van der Waals surface area contributed by atoms with Crippen LogP contribution in [0.25, 0.3) is 0 Å². The summed E-state index contributed by atoms with van der Waals surface area (Å²) in [6, 6.07) is 0. The number of aryl methyl sites for hydroxylation is 1. The van der Waals surface area contributed by atoms with Gasteiger partial charge in [0.15, 0.2) is 5.82 Å². The van der Waals surface area contributed by atoms with Crippen LogP contribution in [0.5, 0.6) is 0 Å². The van der Waals surface area contributed by atoms with Gasteiger partial charge in [0, 0.05) is 12.7 Å². The first-order chi connectivity index (χ1) is 8.80. The number of anilines is 1. The molecular weight excluding hydrogens is 250 g/mol. The number of hydrogen-bond donors (Lipinski definition) is 1. The van der Waals surface area contributed by atoms with Crippen molar-refractivity contribution < 1.29 is 19.1 Å². The summed E-state index contributed by atoms with van der Waals surface area (Å²) >= 11 is 0. The fourth-order valence-corrected chi connectivity index (χ4v) is 1.28. The molecule has 0 saturated heterocycles. The van der Waals surface area contributed by atoms with Crippen LogP contribution in [-0.2, 0) is 20.8 Å². The standard InChI is InChI=1S/C12H19N3O4/c1-12(2,3)19-11(17)14-9-7-15(8-13-9)6-5-10(16)18-4/h7-8H,5-6H2,1-4H3,(H,14,17). The predicted octanol–water partition coefficient (Wildman–Crippen LogP) is 1.79. The van der Waals surface area contributed by atoms with Gasteiger partial charge in [-0.05, 0) is 20.8 Å². The van der Waals surface area contributed by atoms with Gasteiger partial charge in [-0.1, -0.05) is 0 Å². The monoisotopic (exact) mass is 269 g/mol. The van der Waals surface area contributed by atoms with Crippen LogP contribution in [0.15, 0.2) is 12.5 Å². The van der Waals surface area contributed by atoms with Gasteiger partial charge in [-0.15, -0.1) is 0 Å². The molecular formula is C12H19N3O4. The van der Waals surface area contributed by atoms with Crippen molar-refractivity contribution in [1.82, 2.24) is 9.55 Å². The van der Waals surface area contributed by atoms with E-state index in [0.29, 0.717) is 12.4 Å². The van der Waals surface area contributed by atoms with E-state index >= 15 is 0 Å². The molecule has 0 saturated carbocycles. The average molecular weight is 269 g/mol. The molecule has 0 aliphatic carbocycles. The lowest BCUT2D eigenvalue weighted by Gasteiger charge is -2.19. The summed E-state index contributed by atoms with van der Waals surface area (Å²) in [4.78, 5) is 26.5. The number of nitrogens with zero attached hydrogens (tertiary/aromatic N) is 2. The van der Waals surface area contributed by atoms with Gasteiger partial charge in [0.1, 0.15) is 5.60 Å². The summed E-state index contributed by atoms with van der Waals surface area (Å²) in [6.45, 7) is 5.78. The van der Waals surface area contributed by atoms with Crippen LogP contribution in [0.4, 0.5) is 10.6 Å². The minimum atomic E-state index is -0.564. The molecule has 1 N–H and O–H groups in total. The van der Waals surface area contributed by atoms with Gasteiger partial charge in [-0.25, -0.2) is 9.78 Å². The van der Waals surface area contributed by atoms with Crippen molar-refractivity contribution in [2.75, 3.05) is 12.4 Å².